The number of carbonyl (C=O) groups is 1. The first-order chi connectivity index (χ1) is 12.1. The summed E-state index contributed by atoms with van der Waals surface area (Å²) in [6.07, 6.45) is 3.51. The summed E-state index contributed by atoms with van der Waals surface area (Å²) in [5, 5.41) is 2.72. The maximum absolute atomic E-state index is 12.4. The normalized spacial score (nSPS) is 15.6. The molecule has 3 heterocycles. The van der Waals surface area contributed by atoms with E-state index in [4.69, 9.17) is 11.6 Å². The molecule has 0 bridgehead atoms. The van der Waals surface area contributed by atoms with Gasteiger partial charge in [0, 0.05) is 18.1 Å². The Morgan fingerprint density at radius 3 is 2.88 bits per heavy atom. The maximum atomic E-state index is 12.4. The molecule has 1 saturated heterocycles. The molecule has 1 fully saturated rings. The van der Waals surface area contributed by atoms with Gasteiger partial charge in [-0.05, 0) is 49.6 Å². The van der Waals surface area contributed by atoms with Gasteiger partial charge >= 0.3 is 0 Å². The first kappa shape index (κ1) is 16.6. The van der Waals surface area contributed by atoms with E-state index >= 15 is 0 Å². The molecule has 4 rings (SSSR count). The number of piperidine rings is 1. The van der Waals surface area contributed by atoms with Crippen LogP contribution < -0.4 is 5.43 Å². The summed E-state index contributed by atoms with van der Waals surface area (Å²) in [6, 6.07) is 7.64. The van der Waals surface area contributed by atoms with Crippen molar-refractivity contribution in [3.63, 3.8) is 0 Å². The van der Waals surface area contributed by atoms with Crippen LogP contribution in [0.2, 0.25) is 5.02 Å². The molecule has 0 saturated carbocycles. The van der Waals surface area contributed by atoms with Gasteiger partial charge in [-0.3, -0.25) is 10.2 Å². The molecule has 2 aromatic heterocycles. The van der Waals surface area contributed by atoms with Gasteiger partial charge in [0.2, 0.25) is 0 Å². The number of aryl methyl sites for hydroxylation is 1. The number of aromatic amines is 1. The molecule has 1 amide bonds. The zero-order chi connectivity index (χ0) is 17.4. The van der Waals surface area contributed by atoms with E-state index in [1.807, 2.05) is 36.2 Å². The van der Waals surface area contributed by atoms with Crippen LogP contribution in [0.4, 0.5) is 0 Å². The van der Waals surface area contributed by atoms with Crippen LogP contribution in [-0.4, -0.2) is 34.0 Å². The largest absolute Gasteiger partial charge is 0.337 e. The lowest BCUT2D eigenvalue weighted by molar-refractivity contribution is 0.0754. The number of imidazole rings is 1. The molecule has 1 aliphatic rings. The van der Waals surface area contributed by atoms with Crippen LogP contribution >= 0.6 is 22.9 Å². The summed E-state index contributed by atoms with van der Waals surface area (Å²) in [5.74, 6) is 0.715. The Labute approximate surface area is 155 Å². The van der Waals surface area contributed by atoms with E-state index in [-0.39, 0.29) is 5.91 Å². The molecule has 5 nitrogen and oxygen atoms in total. The van der Waals surface area contributed by atoms with Gasteiger partial charge in [0.05, 0.1) is 20.8 Å². The topological polar surface area (TPSA) is 61.0 Å². The minimum atomic E-state index is -0.0480. The first-order valence-electron chi connectivity index (χ1n) is 8.42. The number of hydrazine groups is 1. The van der Waals surface area contributed by atoms with Gasteiger partial charge in [0.1, 0.15) is 5.82 Å². The summed E-state index contributed by atoms with van der Waals surface area (Å²) in [7, 11) is 0. The zero-order valence-electron chi connectivity index (χ0n) is 13.9. The molecule has 7 heteroatoms. The molecule has 0 aliphatic carbocycles. The van der Waals surface area contributed by atoms with Gasteiger partial charge in [-0.15, -0.1) is 11.3 Å². The van der Waals surface area contributed by atoms with E-state index in [9.17, 15) is 4.79 Å². The van der Waals surface area contributed by atoms with Crippen LogP contribution in [0.25, 0.3) is 21.7 Å². The van der Waals surface area contributed by atoms with Gasteiger partial charge in [0.15, 0.2) is 0 Å². The lowest BCUT2D eigenvalue weighted by Gasteiger charge is -2.26. The Morgan fingerprint density at radius 2 is 2.08 bits per heavy atom. The van der Waals surface area contributed by atoms with Gasteiger partial charge in [-0.2, -0.15) is 0 Å². The van der Waals surface area contributed by atoms with Gasteiger partial charge in [0.25, 0.3) is 5.91 Å². The van der Waals surface area contributed by atoms with Crippen LogP contribution in [0.15, 0.2) is 24.3 Å². The van der Waals surface area contributed by atoms with Crippen molar-refractivity contribution in [1.29, 1.82) is 0 Å². The minimum Gasteiger partial charge on any atom is -0.337 e. The van der Waals surface area contributed by atoms with Crippen molar-refractivity contribution in [2.24, 2.45) is 0 Å². The number of thiophene rings is 1. The predicted molar refractivity (Wildman–Crippen MR) is 102 cm³/mol. The number of nitrogens with one attached hydrogen (secondary N) is 2. The second-order valence-corrected chi connectivity index (χ2v) is 7.85. The van der Waals surface area contributed by atoms with E-state index in [1.54, 1.807) is 0 Å². The van der Waals surface area contributed by atoms with E-state index in [0.29, 0.717) is 9.90 Å². The molecule has 0 atom stereocenters. The molecule has 0 radical (unpaired) electrons. The van der Waals surface area contributed by atoms with Crippen LogP contribution in [-0.2, 0) is 0 Å². The summed E-state index contributed by atoms with van der Waals surface area (Å²) < 4.78 is 0. The number of rotatable bonds is 3. The third kappa shape index (κ3) is 3.42. The fraction of sp³-hybridized carbons (Fsp3) is 0.333. The fourth-order valence-corrected chi connectivity index (χ4v) is 4.05. The molecule has 1 aromatic carbocycles. The number of halogens is 1. The molecule has 0 unspecified atom stereocenters. The van der Waals surface area contributed by atoms with Crippen LogP contribution in [0.5, 0.6) is 0 Å². The summed E-state index contributed by atoms with van der Waals surface area (Å²) in [6.45, 7) is 3.82. The van der Waals surface area contributed by atoms with Crippen molar-refractivity contribution >= 4 is 39.9 Å². The third-order valence-corrected chi connectivity index (χ3v) is 5.94. The molecular weight excluding hydrogens is 356 g/mol. The SMILES string of the molecule is Cc1cc2[nH]c(-c3ccc(C(=O)NN4CCCCC4)s3)nc2cc1Cl. The van der Waals surface area contributed by atoms with E-state index < -0.39 is 0 Å². The Kier molecular flexibility index (Phi) is 4.50. The number of hydrogen-bond acceptors (Lipinski definition) is 4. The van der Waals surface area contributed by atoms with Crippen molar-refractivity contribution in [3.8, 4) is 10.7 Å². The second kappa shape index (κ2) is 6.78. The number of fused-ring (bicyclic) bond motifs is 1. The van der Waals surface area contributed by atoms with Crippen LogP contribution in [0.1, 0.15) is 34.5 Å². The number of nitrogens with zero attached hydrogens (tertiary/aromatic N) is 2. The predicted octanol–water partition coefficient (Wildman–Crippen LogP) is 4.38. The van der Waals surface area contributed by atoms with Crippen molar-refractivity contribution in [3.05, 3.63) is 39.7 Å². The molecule has 25 heavy (non-hydrogen) atoms. The maximum Gasteiger partial charge on any atom is 0.275 e. The lowest BCUT2D eigenvalue weighted by atomic mass is 10.2. The minimum absolute atomic E-state index is 0.0480. The Morgan fingerprint density at radius 1 is 1.28 bits per heavy atom. The van der Waals surface area contributed by atoms with Crippen LogP contribution in [0.3, 0.4) is 0 Å². The smallest absolute Gasteiger partial charge is 0.275 e. The highest BCUT2D eigenvalue weighted by Gasteiger charge is 2.17. The Hall–Kier alpha value is -1.89. The average molecular weight is 375 g/mol. The van der Waals surface area contributed by atoms with Gasteiger partial charge in [-0.1, -0.05) is 18.0 Å². The number of carbonyl (C=O) groups excluding carboxylic acids is 1. The highest BCUT2D eigenvalue weighted by atomic mass is 35.5. The molecule has 3 aromatic rings. The first-order valence-corrected chi connectivity index (χ1v) is 9.61. The van der Waals surface area contributed by atoms with Crippen molar-refractivity contribution in [1.82, 2.24) is 20.4 Å². The van der Waals surface area contributed by atoms with Crippen LogP contribution in [0, 0.1) is 6.92 Å². The number of amides is 1. The molecular formula is C18H19ClN4OS. The highest BCUT2D eigenvalue weighted by molar-refractivity contribution is 7.17. The number of H-pyrrole nitrogens is 1. The van der Waals surface area contributed by atoms with Gasteiger partial charge < -0.3 is 4.98 Å². The van der Waals surface area contributed by atoms with Gasteiger partial charge in [-0.25, -0.2) is 9.99 Å². The molecule has 130 valence electrons. The monoisotopic (exact) mass is 374 g/mol. The quantitative estimate of drug-likeness (QED) is 0.715. The number of aromatic nitrogens is 2. The number of hydrogen-bond donors (Lipinski definition) is 2. The average Bonchev–Trinajstić information content (AvgIpc) is 3.23. The van der Waals surface area contributed by atoms with E-state index in [1.165, 1.54) is 17.8 Å². The van der Waals surface area contributed by atoms with Crippen molar-refractivity contribution < 1.29 is 4.79 Å². The van der Waals surface area contributed by atoms with Crippen molar-refractivity contribution in [2.75, 3.05) is 13.1 Å². The molecule has 0 spiro atoms. The lowest BCUT2D eigenvalue weighted by Crippen LogP contribution is -2.44. The van der Waals surface area contributed by atoms with E-state index in [2.05, 4.69) is 15.4 Å². The third-order valence-electron chi connectivity index (χ3n) is 4.44. The fourth-order valence-electron chi connectivity index (χ4n) is 3.05. The summed E-state index contributed by atoms with van der Waals surface area (Å²) in [5.41, 5.74) is 5.79. The Bertz CT molecular complexity index is 887. The number of benzene rings is 1. The molecule has 2 N–H and O–H groups in total. The molecule has 1 aliphatic heterocycles. The second-order valence-electron chi connectivity index (χ2n) is 6.36. The summed E-state index contributed by atoms with van der Waals surface area (Å²) >= 11 is 7.61. The standard InChI is InChI=1S/C18H19ClN4OS/c1-11-9-13-14(10-12(11)19)21-17(20-13)15-5-6-16(25-15)18(24)22-23-7-3-2-4-8-23/h5-6,9-10H,2-4,7-8H2,1H3,(H,20,21)(H,22,24). The highest BCUT2D eigenvalue weighted by Crippen LogP contribution is 2.29. The Balaban J connectivity index is 1.55. The van der Waals surface area contributed by atoms with Crippen molar-refractivity contribution in [2.45, 2.75) is 26.2 Å². The van der Waals surface area contributed by atoms with E-state index in [0.717, 1.165) is 53.2 Å². The zero-order valence-corrected chi connectivity index (χ0v) is 15.5. The summed E-state index contributed by atoms with van der Waals surface area (Å²) in [4.78, 5) is 22.0.